The SMILES string of the molecule is CCCN=C(NCC)NCCN1CCN(Cc2ccccc2)CC1.I. The van der Waals surface area contributed by atoms with Crippen LogP contribution in [0.3, 0.4) is 0 Å². The van der Waals surface area contributed by atoms with Gasteiger partial charge >= 0.3 is 0 Å². The second-order valence-corrected chi connectivity index (χ2v) is 6.29. The number of nitrogens with zero attached hydrogens (tertiary/aromatic N) is 3. The van der Waals surface area contributed by atoms with Crippen LogP contribution in [0.1, 0.15) is 25.8 Å². The maximum Gasteiger partial charge on any atom is 0.191 e. The summed E-state index contributed by atoms with van der Waals surface area (Å²) in [6.45, 7) is 13.8. The molecule has 1 fully saturated rings. The van der Waals surface area contributed by atoms with Crippen molar-refractivity contribution in [2.24, 2.45) is 4.99 Å². The van der Waals surface area contributed by atoms with Crippen LogP contribution in [-0.2, 0) is 6.54 Å². The number of hydrogen-bond donors (Lipinski definition) is 2. The van der Waals surface area contributed by atoms with Gasteiger partial charge in [-0.25, -0.2) is 0 Å². The van der Waals surface area contributed by atoms with Crippen LogP contribution < -0.4 is 10.6 Å². The van der Waals surface area contributed by atoms with Crippen molar-refractivity contribution in [2.75, 3.05) is 52.4 Å². The quantitative estimate of drug-likeness (QED) is 0.356. The second-order valence-electron chi connectivity index (χ2n) is 6.29. The number of guanidine groups is 1. The Balaban J connectivity index is 0.00000312. The Morgan fingerprint density at radius 1 is 1.00 bits per heavy atom. The van der Waals surface area contributed by atoms with Crippen molar-refractivity contribution in [3.8, 4) is 0 Å². The fourth-order valence-corrected chi connectivity index (χ4v) is 2.91. The first-order valence-corrected chi connectivity index (χ1v) is 9.32. The number of nitrogens with one attached hydrogen (secondary N) is 2. The molecule has 1 aliphatic heterocycles. The van der Waals surface area contributed by atoms with E-state index in [1.54, 1.807) is 0 Å². The number of rotatable bonds is 8. The molecule has 0 unspecified atom stereocenters. The van der Waals surface area contributed by atoms with E-state index in [1.807, 2.05) is 0 Å². The van der Waals surface area contributed by atoms with Gasteiger partial charge in [0.05, 0.1) is 0 Å². The Morgan fingerprint density at radius 3 is 2.32 bits per heavy atom. The fourth-order valence-electron chi connectivity index (χ4n) is 2.91. The average Bonchev–Trinajstić information content (AvgIpc) is 2.62. The summed E-state index contributed by atoms with van der Waals surface area (Å²) >= 11 is 0. The summed E-state index contributed by atoms with van der Waals surface area (Å²) < 4.78 is 0. The summed E-state index contributed by atoms with van der Waals surface area (Å²) in [5, 5.41) is 6.74. The van der Waals surface area contributed by atoms with Crippen LogP contribution in [0.2, 0.25) is 0 Å². The average molecular weight is 459 g/mol. The highest BCUT2D eigenvalue weighted by Crippen LogP contribution is 2.07. The molecule has 1 aliphatic rings. The number of halogens is 1. The van der Waals surface area contributed by atoms with Crippen LogP contribution in [0.25, 0.3) is 0 Å². The molecule has 1 heterocycles. The fraction of sp³-hybridized carbons (Fsp3) is 0.632. The molecule has 2 N–H and O–H groups in total. The van der Waals surface area contributed by atoms with E-state index in [2.05, 4.69) is 69.6 Å². The molecule has 1 aromatic rings. The number of hydrogen-bond acceptors (Lipinski definition) is 3. The van der Waals surface area contributed by atoms with Crippen molar-refractivity contribution in [2.45, 2.75) is 26.8 Å². The lowest BCUT2D eigenvalue weighted by atomic mass is 10.2. The molecule has 1 saturated heterocycles. The van der Waals surface area contributed by atoms with Gasteiger partial charge in [-0.3, -0.25) is 14.8 Å². The number of aliphatic imine (C=N–C) groups is 1. The van der Waals surface area contributed by atoms with Gasteiger partial charge in [-0.15, -0.1) is 24.0 Å². The summed E-state index contributed by atoms with van der Waals surface area (Å²) in [4.78, 5) is 9.63. The summed E-state index contributed by atoms with van der Waals surface area (Å²) in [5.41, 5.74) is 1.41. The highest BCUT2D eigenvalue weighted by molar-refractivity contribution is 14.0. The van der Waals surface area contributed by atoms with Gasteiger partial charge in [0.1, 0.15) is 0 Å². The molecule has 0 amide bonds. The number of piperazine rings is 1. The van der Waals surface area contributed by atoms with Crippen molar-refractivity contribution < 1.29 is 0 Å². The molecular weight excluding hydrogens is 425 g/mol. The van der Waals surface area contributed by atoms with Crippen LogP contribution in [0, 0.1) is 0 Å². The van der Waals surface area contributed by atoms with Crippen LogP contribution in [0.15, 0.2) is 35.3 Å². The van der Waals surface area contributed by atoms with Crippen molar-refractivity contribution in [3.05, 3.63) is 35.9 Å². The first kappa shape index (κ1) is 22.2. The van der Waals surface area contributed by atoms with E-state index >= 15 is 0 Å². The summed E-state index contributed by atoms with van der Waals surface area (Å²) in [6, 6.07) is 10.8. The summed E-state index contributed by atoms with van der Waals surface area (Å²) in [5.74, 6) is 0.946. The van der Waals surface area contributed by atoms with E-state index in [-0.39, 0.29) is 24.0 Å². The van der Waals surface area contributed by atoms with Crippen molar-refractivity contribution in [1.82, 2.24) is 20.4 Å². The Bertz CT molecular complexity index is 472. The van der Waals surface area contributed by atoms with E-state index in [0.29, 0.717) is 0 Å². The first-order chi connectivity index (χ1) is 11.8. The lowest BCUT2D eigenvalue weighted by Gasteiger charge is -2.34. The third kappa shape index (κ3) is 8.87. The van der Waals surface area contributed by atoms with Gasteiger partial charge in [0.15, 0.2) is 5.96 Å². The molecule has 0 radical (unpaired) electrons. The third-order valence-corrected chi connectivity index (χ3v) is 4.27. The molecule has 0 spiro atoms. The standard InChI is InChI=1S/C19H33N5.HI/c1-3-10-21-19(20-4-2)22-11-12-23-13-15-24(16-14-23)17-18-8-6-5-7-9-18;/h5-9H,3-4,10-17H2,1-2H3,(H2,20,21,22);1H. The van der Waals surface area contributed by atoms with E-state index in [0.717, 1.165) is 71.3 Å². The first-order valence-electron chi connectivity index (χ1n) is 9.32. The van der Waals surface area contributed by atoms with Crippen LogP contribution >= 0.6 is 24.0 Å². The van der Waals surface area contributed by atoms with Gasteiger partial charge in [0, 0.05) is 58.9 Å². The number of benzene rings is 1. The van der Waals surface area contributed by atoms with Gasteiger partial charge in [0.25, 0.3) is 0 Å². The van der Waals surface area contributed by atoms with Crippen LogP contribution in [0.5, 0.6) is 0 Å². The molecule has 0 aromatic heterocycles. The molecule has 1 aromatic carbocycles. The Morgan fingerprint density at radius 2 is 1.68 bits per heavy atom. The van der Waals surface area contributed by atoms with E-state index in [1.165, 1.54) is 5.56 Å². The van der Waals surface area contributed by atoms with Gasteiger partial charge < -0.3 is 10.6 Å². The van der Waals surface area contributed by atoms with E-state index < -0.39 is 0 Å². The van der Waals surface area contributed by atoms with Crippen molar-refractivity contribution in [1.29, 1.82) is 0 Å². The molecule has 25 heavy (non-hydrogen) atoms. The maximum atomic E-state index is 4.54. The lowest BCUT2D eigenvalue weighted by molar-refractivity contribution is 0.129. The second kappa shape index (κ2) is 13.4. The van der Waals surface area contributed by atoms with E-state index in [9.17, 15) is 0 Å². The van der Waals surface area contributed by atoms with Gasteiger partial charge in [-0.2, -0.15) is 0 Å². The molecule has 0 bridgehead atoms. The van der Waals surface area contributed by atoms with Crippen LogP contribution in [0.4, 0.5) is 0 Å². The van der Waals surface area contributed by atoms with Gasteiger partial charge in [-0.05, 0) is 18.9 Å². The molecular formula is C19H34IN5. The van der Waals surface area contributed by atoms with Crippen molar-refractivity contribution in [3.63, 3.8) is 0 Å². The molecule has 0 aliphatic carbocycles. The highest BCUT2D eigenvalue weighted by atomic mass is 127. The zero-order valence-electron chi connectivity index (χ0n) is 15.7. The minimum Gasteiger partial charge on any atom is -0.357 e. The molecule has 6 heteroatoms. The predicted octanol–water partition coefficient (Wildman–Crippen LogP) is 2.39. The monoisotopic (exact) mass is 459 g/mol. The zero-order valence-corrected chi connectivity index (χ0v) is 18.0. The Hall–Kier alpha value is -0.860. The topological polar surface area (TPSA) is 42.9 Å². The Kier molecular flexibility index (Phi) is 11.9. The smallest absolute Gasteiger partial charge is 0.191 e. The lowest BCUT2D eigenvalue weighted by Crippen LogP contribution is -2.49. The minimum atomic E-state index is 0. The van der Waals surface area contributed by atoms with E-state index in [4.69, 9.17) is 0 Å². The summed E-state index contributed by atoms with van der Waals surface area (Å²) in [6.07, 6.45) is 1.08. The molecule has 0 saturated carbocycles. The molecule has 5 nitrogen and oxygen atoms in total. The zero-order chi connectivity index (χ0) is 17.0. The largest absolute Gasteiger partial charge is 0.357 e. The minimum absolute atomic E-state index is 0. The molecule has 2 rings (SSSR count). The van der Waals surface area contributed by atoms with Gasteiger partial charge in [0.2, 0.25) is 0 Å². The summed E-state index contributed by atoms with van der Waals surface area (Å²) in [7, 11) is 0. The third-order valence-electron chi connectivity index (χ3n) is 4.27. The van der Waals surface area contributed by atoms with Crippen LogP contribution in [-0.4, -0.2) is 68.1 Å². The highest BCUT2D eigenvalue weighted by Gasteiger charge is 2.16. The molecule has 0 atom stereocenters. The van der Waals surface area contributed by atoms with Crippen molar-refractivity contribution >= 4 is 29.9 Å². The maximum absolute atomic E-state index is 4.54. The molecule has 142 valence electrons. The normalized spacial score (nSPS) is 16.3. The Labute approximate surface area is 170 Å². The predicted molar refractivity (Wildman–Crippen MR) is 118 cm³/mol. The van der Waals surface area contributed by atoms with Gasteiger partial charge in [-0.1, -0.05) is 37.3 Å².